The van der Waals surface area contributed by atoms with Gasteiger partial charge in [0.2, 0.25) is 0 Å². The van der Waals surface area contributed by atoms with E-state index < -0.39 is 17.5 Å². The summed E-state index contributed by atoms with van der Waals surface area (Å²) in [4.78, 5) is 25.5. The van der Waals surface area contributed by atoms with Gasteiger partial charge in [0.1, 0.15) is 0 Å². The summed E-state index contributed by atoms with van der Waals surface area (Å²) in [6, 6.07) is 9.15. The van der Waals surface area contributed by atoms with Crippen LogP contribution >= 0.6 is 15.9 Å². The fourth-order valence-electron chi connectivity index (χ4n) is 3.19. The Hall–Kier alpha value is -2.67. The van der Waals surface area contributed by atoms with E-state index in [0.717, 1.165) is 10.5 Å². The van der Waals surface area contributed by atoms with E-state index in [2.05, 4.69) is 15.9 Å². The predicted octanol–water partition coefficient (Wildman–Crippen LogP) is 5.13. The fourth-order valence-corrected chi connectivity index (χ4v) is 3.45. The molecule has 2 aromatic carbocycles. The van der Waals surface area contributed by atoms with Crippen LogP contribution in [-0.2, 0) is 16.0 Å². The van der Waals surface area contributed by atoms with E-state index in [1.165, 1.54) is 10.6 Å². The highest BCUT2D eigenvalue weighted by atomic mass is 79.9. The average molecular weight is 462 g/mol. The second-order valence-electron chi connectivity index (χ2n) is 6.92. The van der Waals surface area contributed by atoms with Gasteiger partial charge in [-0.15, -0.1) is 0 Å². The fraction of sp³-hybridized carbons (Fsp3) is 0.273. The van der Waals surface area contributed by atoms with E-state index in [1.807, 2.05) is 6.92 Å². The summed E-state index contributed by atoms with van der Waals surface area (Å²) in [6.45, 7) is 5.40. The van der Waals surface area contributed by atoms with Crippen molar-refractivity contribution in [3.63, 3.8) is 0 Å². The molecule has 0 saturated carbocycles. The predicted molar refractivity (Wildman–Crippen MR) is 112 cm³/mol. The lowest BCUT2D eigenvalue weighted by atomic mass is 10.1. The van der Waals surface area contributed by atoms with Crippen LogP contribution in [0.2, 0.25) is 0 Å². The normalized spacial score (nSPS) is 12.2. The van der Waals surface area contributed by atoms with E-state index in [1.54, 1.807) is 38.1 Å². The smallest absolute Gasteiger partial charge is 0.310 e. The third-order valence-electron chi connectivity index (χ3n) is 4.93. The van der Waals surface area contributed by atoms with Crippen LogP contribution in [0.15, 0.2) is 40.9 Å². The maximum Gasteiger partial charge on any atom is 0.310 e. The molecule has 0 aliphatic rings. The molecular formula is C22H21BrFNO4. The van der Waals surface area contributed by atoms with Gasteiger partial charge < -0.3 is 9.84 Å². The zero-order valence-corrected chi connectivity index (χ0v) is 17.9. The van der Waals surface area contributed by atoms with Crippen LogP contribution in [0.3, 0.4) is 0 Å². The largest absolute Gasteiger partial charge is 0.505 e. The number of ether oxygens (including phenoxy) is 1. The van der Waals surface area contributed by atoms with Crippen LogP contribution < -0.4 is 0 Å². The van der Waals surface area contributed by atoms with Crippen molar-refractivity contribution < 1.29 is 23.8 Å². The van der Waals surface area contributed by atoms with Crippen LogP contribution in [0, 0.1) is 12.7 Å². The number of carbonyl (C=O) groups excluding carboxylic acids is 2. The molecule has 0 radical (unpaired) electrons. The molecule has 152 valence electrons. The van der Waals surface area contributed by atoms with Crippen molar-refractivity contribution >= 4 is 38.7 Å². The number of hydrogen-bond acceptors (Lipinski definition) is 4. The summed E-state index contributed by atoms with van der Waals surface area (Å²) in [7, 11) is 0. The number of esters is 1. The van der Waals surface area contributed by atoms with Gasteiger partial charge in [0.05, 0.1) is 18.0 Å². The van der Waals surface area contributed by atoms with E-state index in [-0.39, 0.29) is 23.9 Å². The summed E-state index contributed by atoms with van der Waals surface area (Å²) >= 11 is 3.33. The van der Waals surface area contributed by atoms with Gasteiger partial charge in [0, 0.05) is 27.2 Å². The van der Waals surface area contributed by atoms with Crippen LogP contribution in [-0.4, -0.2) is 27.7 Å². The molecule has 0 amide bonds. The first-order valence-corrected chi connectivity index (χ1v) is 10.0. The zero-order chi connectivity index (χ0) is 21.3. The highest BCUT2D eigenvalue weighted by molar-refractivity contribution is 9.10. The van der Waals surface area contributed by atoms with E-state index in [9.17, 15) is 19.1 Å². The lowest BCUT2D eigenvalue weighted by molar-refractivity contribution is -0.147. The van der Waals surface area contributed by atoms with Crippen molar-refractivity contribution in [2.45, 2.75) is 39.7 Å². The second kappa shape index (κ2) is 8.37. The quantitative estimate of drug-likeness (QED) is 0.534. The number of halogens is 2. The molecule has 0 saturated heterocycles. The Morgan fingerprint density at radius 3 is 2.52 bits per heavy atom. The molecule has 1 aromatic heterocycles. The van der Waals surface area contributed by atoms with Gasteiger partial charge in [-0.05, 0) is 56.2 Å². The van der Waals surface area contributed by atoms with Crippen LogP contribution in [0.1, 0.15) is 41.9 Å². The first-order chi connectivity index (χ1) is 13.7. The van der Waals surface area contributed by atoms with Crippen LogP contribution in [0.4, 0.5) is 4.39 Å². The van der Waals surface area contributed by atoms with Crippen molar-refractivity contribution in [3.8, 4) is 5.75 Å². The van der Waals surface area contributed by atoms with E-state index >= 15 is 0 Å². The Morgan fingerprint density at radius 2 is 1.90 bits per heavy atom. The van der Waals surface area contributed by atoms with Crippen molar-refractivity contribution in [3.05, 3.63) is 63.5 Å². The van der Waals surface area contributed by atoms with Gasteiger partial charge in [-0.1, -0.05) is 22.9 Å². The summed E-state index contributed by atoms with van der Waals surface area (Å²) < 4.78 is 21.6. The molecule has 1 heterocycles. The lowest BCUT2D eigenvalue weighted by Gasteiger charge is -2.11. The summed E-state index contributed by atoms with van der Waals surface area (Å²) in [5, 5.41) is 10.3. The molecule has 3 aromatic rings. The van der Waals surface area contributed by atoms with Crippen LogP contribution in [0.25, 0.3) is 10.9 Å². The molecule has 0 spiro atoms. The maximum atomic E-state index is 14.1. The third kappa shape index (κ3) is 4.19. The second-order valence-corrected chi connectivity index (χ2v) is 7.83. The van der Waals surface area contributed by atoms with Gasteiger partial charge in [-0.25, -0.2) is 4.39 Å². The number of nitrogens with zero attached hydrogens (tertiary/aromatic N) is 1. The number of benzene rings is 2. The Morgan fingerprint density at radius 1 is 1.24 bits per heavy atom. The maximum absolute atomic E-state index is 14.1. The molecule has 0 fully saturated rings. The molecule has 0 unspecified atom stereocenters. The number of hydrogen-bond donors (Lipinski definition) is 1. The van der Waals surface area contributed by atoms with Crippen molar-refractivity contribution in [1.29, 1.82) is 0 Å². The first-order valence-electron chi connectivity index (χ1n) is 9.25. The molecule has 0 bridgehead atoms. The molecule has 1 N–H and O–H groups in total. The van der Waals surface area contributed by atoms with Gasteiger partial charge in [-0.2, -0.15) is 0 Å². The zero-order valence-electron chi connectivity index (χ0n) is 16.3. The third-order valence-corrected chi connectivity index (χ3v) is 5.45. The SMILES string of the molecule is CC[C@H](C)OC(=O)Cc1c(C)n(C(=O)c2ccc(Br)cc2)c2cc(F)c(O)cc12. The Bertz CT molecular complexity index is 1090. The lowest BCUT2D eigenvalue weighted by Crippen LogP contribution is -2.17. The summed E-state index contributed by atoms with van der Waals surface area (Å²) in [5.41, 5.74) is 1.72. The van der Waals surface area contributed by atoms with Gasteiger partial charge in [-0.3, -0.25) is 14.2 Å². The number of aromatic nitrogens is 1. The molecule has 5 nitrogen and oxygen atoms in total. The highest BCUT2D eigenvalue weighted by Crippen LogP contribution is 2.32. The van der Waals surface area contributed by atoms with Crippen molar-refractivity contribution in [1.82, 2.24) is 4.57 Å². The average Bonchev–Trinajstić information content (AvgIpc) is 2.93. The Kier molecular flexibility index (Phi) is 6.07. The van der Waals surface area contributed by atoms with Gasteiger partial charge >= 0.3 is 5.97 Å². The summed E-state index contributed by atoms with van der Waals surface area (Å²) in [5.74, 6) is -2.18. The van der Waals surface area contributed by atoms with E-state index in [4.69, 9.17) is 4.74 Å². The van der Waals surface area contributed by atoms with E-state index in [0.29, 0.717) is 28.6 Å². The number of carbonyl (C=O) groups is 2. The van der Waals surface area contributed by atoms with Crippen molar-refractivity contribution in [2.24, 2.45) is 0 Å². The number of rotatable bonds is 5. The Balaban J connectivity index is 2.13. The summed E-state index contributed by atoms with van der Waals surface area (Å²) in [6.07, 6.45) is 0.366. The molecule has 0 aliphatic heterocycles. The van der Waals surface area contributed by atoms with Crippen molar-refractivity contribution in [2.75, 3.05) is 0 Å². The van der Waals surface area contributed by atoms with Crippen LogP contribution in [0.5, 0.6) is 5.75 Å². The number of phenolic OH excluding ortho intramolecular Hbond substituents is 1. The molecule has 1 atom stereocenters. The Labute approximate surface area is 176 Å². The first kappa shape index (κ1) is 21.0. The molecular weight excluding hydrogens is 441 g/mol. The monoisotopic (exact) mass is 461 g/mol. The minimum absolute atomic E-state index is 0.0850. The highest BCUT2D eigenvalue weighted by Gasteiger charge is 2.24. The molecule has 0 aliphatic carbocycles. The minimum atomic E-state index is -0.839. The standard InChI is InChI=1S/C22H21BrFNO4/c1-4-12(2)29-21(27)10-16-13(3)25(19-11-18(24)20(26)9-17(16)19)22(28)14-5-7-15(23)8-6-14/h5-9,11-12,26H,4,10H2,1-3H3/t12-/m0/s1. The van der Waals surface area contributed by atoms with Gasteiger partial charge in [0.25, 0.3) is 5.91 Å². The topological polar surface area (TPSA) is 68.5 Å². The minimum Gasteiger partial charge on any atom is -0.505 e. The number of aromatic hydroxyl groups is 1. The molecule has 3 rings (SSSR count). The molecule has 29 heavy (non-hydrogen) atoms. The number of fused-ring (bicyclic) bond motifs is 1. The molecule has 7 heteroatoms. The number of phenols is 1. The van der Waals surface area contributed by atoms with Gasteiger partial charge in [0.15, 0.2) is 11.6 Å².